The Morgan fingerprint density at radius 2 is 1.71 bits per heavy atom. The van der Waals surface area contributed by atoms with Crippen LogP contribution in [-0.2, 0) is 20.8 Å². The lowest BCUT2D eigenvalue weighted by atomic mass is 9.97. The minimum atomic E-state index is -2.05. The fourth-order valence-electron chi connectivity index (χ4n) is 2.99. The van der Waals surface area contributed by atoms with Gasteiger partial charge in [0.05, 0.1) is 17.6 Å². The fraction of sp³-hybridized carbons (Fsp3) is 0.273. The first-order valence-corrected chi connectivity index (χ1v) is 10.1. The van der Waals surface area contributed by atoms with Gasteiger partial charge in [0, 0.05) is 24.3 Å². The van der Waals surface area contributed by atoms with Gasteiger partial charge in [0.2, 0.25) is 11.6 Å². The van der Waals surface area contributed by atoms with E-state index in [-0.39, 0.29) is 5.75 Å². The molecule has 2 rings (SSSR count). The zero-order valence-corrected chi connectivity index (χ0v) is 17.5. The highest BCUT2D eigenvalue weighted by Crippen LogP contribution is 2.21. The van der Waals surface area contributed by atoms with Crippen molar-refractivity contribution in [1.82, 2.24) is 5.32 Å². The van der Waals surface area contributed by atoms with Gasteiger partial charge in [0.15, 0.2) is 0 Å². The van der Waals surface area contributed by atoms with Crippen molar-refractivity contribution in [3.63, 3.8) is 0 Å². The third-order valence-electron chi connectivity index (χ3n) is 4.70. The number of benzene rings is 2. The lowest BCUT2D eigenvalue weighted by Gasteiger charge is -2.33. The Hall–Kier alpha value is -3.51. The number of anilines is 1. The number of carbonyl (C=O) groups excluding carboxylic acids is 1. The molecule has 1 amide bonds. The van der Waals surface area contributed by atoms with Gasteiger partial charge in [-0.3, -0.25) is 9.59 Å². The van der Waals surface area contributed by atoms with Gasteiger partial charge in [0.1, 0.15) is 0 Å². The summed E-state index contributed by atoms with van der Waals surface area (Å²) < 4.78 is 0. The van der Waals surface area contributed by atoms with Crippen molar-refractivity contribution in [1.29, 1.82) is 5.26 Å². The van der Waals surface area contributed by atoms with Gasteiger partial charge in [-0.1, -0.05) is 30.3 Å². The van der Waals surface area contributed by atoms with Crippen LogP contribution in [0.3, 0.4) is 0 Å². The summed E-state index contributed by atoms with van der Waals surface area (Å²) in [4.78, 5) is 36.3. The molecule has 8 nitrogen and oxygen atoms in total. The number of carboxylic acid groups (broad SMARTS) is 2. The van der Waals surface area contributed by atoms with E-state index in [0.29, 0.717) is 17.7 Å². The number of hydrogen-bond donors (Lipinski definition) is 5. The van der Waals surface area contributed by atoms with Crippen LogP contribution in [0, 0.1) is 17.2 Å². The standard InChI is InChI=1S/C22H23N3O5S/c23-13-16-6-8-18(9-7-16)24-22(21(29)30,11-10-19(26)27)25-20(28)17(14-31)12-15-4-2-1-3-5-15/h1-9,17,24,31H,10-12,14H2,(H,25,28)(H,26,27)(H,29,30)/t17?,22-/m0/s1. The summed E-state index contributed by atoms with van der Waals surface area (Å²) in [5.74, 6) is -3.64. The van der Waals surface area contributed by atoms with E-state index in [4.69, 9.17) is 10.4 Å². The quantitative estimate of drug-likeness (QED) is 0.267. The van der Waals surface area contributed by atoms with Crippen molar-refractivity contribution in [3.05, 3.63) is 65.7 Å². The van der Waals surface area contributed by atoms with E-state index in [0.717, 1.165) is 5.56 Å². The van der Waals surface area contributed by atoms with Crippen LogP contribution in [0.5, 0.6) is 0 Å². The smallest absolute Gasteiger partial charge is 0.350 e. The summed E-state index contributed by atoms with van der Waals surface area (Å²) in [6, 6.07) is 17.1. The van der Waals surface area contributed by atoms with Crippen LogP contribution in [0.2, 0.25) is 0 Å². The third kappa shape index (κ3) is 6.76. The van der Waals surface area contributed by atoms with Crippen LogP contribution in [0.15, 0.2) is 54.6 Å². The molecule has 162 valence electrons. The molecular weight excluding hydrogens is 418 g/mol. The molecule has 0 saturated carbocycles. The summed E-state index contributed by atoms with van der Waals surface area (Å²) in [6.07, 6.45) is -0.532. The van der Waals surface area contributed by atoms with Crippen LogP contribution in [0.1, 0.15) is 24.0 Å². The van der Waals surface area contributed by atoms with Gasteiger partial charge in [-0.2, -0.15) is 17.9 Å². The van der Waals surface area contributed by atoms with Crippen molar-refractivity contribution in [2.75, 3.05) is 11.1 Å². The molecule has 2 atom stereocenters. The predicted molar refractivity (Wildman–Crippen MR) is 118 cm³/mol. The normalized spacial score (nSPS) is 13.3. The van der Waals surface area contributed by atoms with Gasteiger partial charge in [0.25, 0.3) is 0 Å². The summed E-state index contributed by atoms with van der Waals surface area (Å²) in [5, 5.41) is 33.2. The summed E-state index contributed by atoms with van der Waals surface area (Å²) >= 11 is 4.24. The number of thiol groups is 1. The van der Waals surface area contributed by atoms with Gasteiger partial charge in [-0.05, 0) is 36.2 Å². The number of hydrogen-bond acceptors (Lipinski definition) is 6. The van der Waals surface area contributed by atoms with Crippen LogP contribution < -0.4 is 10.6 Å². The maximum absolute atomic E-state index is 13.0. The van der Waals surface area contributed by atoms with Gasteiger partial charge >= 0.3 is 11.9 Å². The van der Waals surface area contributed by atoms with Crippen molar-refractivity contribution < 1.29 is 24.6 Å². The van der Waals surface area contributed by atoms with Crippen LogP contribution >= 0.6 is 12.6 Å². The van der Waals surface area contributed by atoms with Gasteiger partial charge < -0.3 is 20.8 Å². The van der Waals surface area contributed by atoms with E-state index < -0.39 is 42.3 Å². The molecule has 0 bridgehead atoms. The van der Waals surface area contributed by atoms with Crippen LogP contribution in [-0.4, -0.2) is 39.5 Å². The number of carboxylic acids is 2. The number of aliphatic carboxylic acids is 2. The maximum atomic E-state index is 13.0. The first-order valence-electron chi connectivity index (χ1n) is 9.50. The van der Waals surface area contributed by atoms with E-state index in [1.165, 1.54) is 24.3 Å². The highest BCUT2D eigenvalue weighted by atomic mass is 32.1. The van der Waals surface area contributed by atoms with Crippen molar-refractivity contribution >= 4 is 36.2 Å². The molecule has 0 radical (unpaired) electrons. The molecule has 0 fully saturated rings. The molecule has 0 aromatic heterocycles. The SMILES string of the molecule is N#Cc1ccc(N[C@@](CCC(=O)O)(NC(=O)C(CS)Cc2ccccc2)C(=O)O)cc1. The second kappa shape index (κ2) is 11.0. The predicted octanol–water partition coefficient (Wildman–Crippen LogP) is 2.52. The van der Waals surface area contributed by atoms with E-state index in [2.05, 4.69) is 23.3 Å². The molecule has 4 N–H and O–H groups in total. The molecule has 9 heteroatoms. The topological polar surface area (TPSA) is 140 Å². The number of amides is 1. The number of nitrogens with zero attached hydrogens (tertiary/aromatic N) is 1. The summed E-state index contributed by atoms with van der Waals surface area (Å²) in [5.41, 5.74) is -0.471. The first kappa shape index (κ1) is 23.8. The Bertz CT molecular complexity index is 959. The molecule has 0 aliphatic heterocycles. The number of nitriles is 1. The summed E-state index contributed by atoms with van der Waals surface area (Å²) in [7, 11) is 0. The fourth-order valence-corrected chi connectivity index (χ4v) is 3.29. The maximum Gasteiger partial charge on any atom is 0.350 e. The summed E-state index contributed by atoms with van der Waals surface area (Å²) in [6.45, 7) is 0. The molecular formula is C22H23N3O5S. The Balaban J connectivity index is 2.30. The molecule has 0 aliphatic rings. The molecule has 31 heavy (non-hydrogen) atoms. The van der Waals surface area contributed by atoms with E-state index in [1.807, 2.05) is 36.4 Å². The molecule has 2 aromatic rings. The molecule has 0 saturated heterocycles. The minimum Gasteiger partial charge on any atom is -0.481 e. The second-order valence-electron chi connectivity index (χ2n) is 6.98. The Labute approximate surface area is 185 Å². The van der Waals surface area contributed by atoms with Gasteiger partial charge in [-0.15, -0.1) is 0 Å². The van der Waals surface area contributed by atoms with Crippen molar-refractivity contribution in [2.45, 2.75) is 24.9 Å². The molecule has 1 unspecified atom stereocenters. The van der Waals surface area contributed by atoms with E-state index in [9.17, 15) is 19.5 Å². The van der Waals surface area contributed by atoms with Gasteiger partial charge in [-0.25, -0.2) is 4.79 Å². The minimum absolute atomic E-state index is 0.173. The van der Waals surface area contributed by atoms with Crippen molar-refractivity contribution in [3.8, 4) is 6.07 Å². The second-order valence-corrected chi connectivity index (χ2v) is 7.34. The zero-order chi connectivity index (χ0) is 22.9. The van der Waals surface area contributed by atoms with Crippen molar-refractivity contribution in [2.24, 2.45) is 5.92 Å². The number of nitrogens with one attached hydrogen (secondary N) is 2. The molecule has 2 aromatic carbocycles. The Morgan fingerprint density at radius 3 is 2.23 bits per heavy atom. The lowest BCUT2D eigenvalue weighted by Crippen LogP contribution is -2.61. The average molecular weight is 442 g/mol. The van der Waals surface area contributed by atoms with Crippen LogP contribution in [0.4, 0.5) is 5.69 Å². The lowest BCUT2D eigenvalue weighted by molar-refractivity contribution is -0.148. The Kier molecular flexibility index (Phi) is 8.46. The highest BCUT2D eigenvalue weighted by molar-refractivity contribution is 7.80. The van der Waals surface area contributed by atoms with E-state index in [1.54, 1.807) is 0 Å². The third-order valence-corrected chi connectivity index (χ3v) is 5.14. The number of carbonyl (C=O) groups is 3. The molecule has 0 aliphatic carbocycles. The first-order chi connectivity index (χ1) is 14.8. The van der Waals surface area contributed by atoms with Crippen LogP contribution in [0.25, 0.3) is 0 Å². The largest absolute Gasteiger partial charge is 0.481 e. The zero-order valence-electron chi connectivity index (χ0n) is 16.6. The highest BCUT2D eigenvalue weighted by Gasteiger charge is 2.41. The average Bonchev–Trinajstić information content (AvgIpc) is 2.76. The molecule has 0 spiro atoms. The van der Waals surface area contributed by atoms with E-state index >= 15 is 0 Å². The molecule has 0 heterocycles. The number of rotatable bonds is 11. The monoisotopic (exact) mass is 441 g/mol. The Morgan fingerprint density at radius 1 is 1.06 bits per heavy atom.